The average Bonchev–Trinajstić information content (AvgIpc) is 3.19. The Morgan fingerprint density at radius 1 is 1.14 bits per heavy atom. The molecule has 1 aromatic carbocycles. The predicted octanol–water partition coefficient (Wildman–Crippen LogP) is 6.18. The lowest BCUT2D eigenvalue weighted by molar-refractivity contribution is -0.144. The highest BCUT2D eigenvalue weighted by molar-refractivity contribution is 8.16. The van der Waals surface area contributed by atoms with Crippen molar-refractivity contribution in [2.45, 2.75) is 84.7 Å². The second-order valence-corrected chi connectivity index (χ2v) is 10.3. The number of benzene rings is 1. The number of esters is 1. The summed E-state index contributed by atoms with van der Waals surface area (Å²) >= 11 is 1.00. The van der Waals surface area contributed by atoms with Gasteiger partial charge in [0.15, 0.2) is 10.9 Å². The number of allylic oxidation sites excluding steroid dienone is 1. The van der Waals surface area contributed by atoms with Crippen LogP contribution >= 0.6 is 11.8 Å². The molecule has 0 saturated carbocycles. The van der Waals surface area contributed by atoms with Crippen LogP contribution in [-0.4, -0.2) is 40.3 Å². The van der Waals surface area contributed by atoms with Gasteiger partial charge in [-0.15, -0.1) is 0 Å². The van der Waals surface area contributed by atoms with E-state index < -0.39 is 35.6 Å². The van der Waals surface area contributed by atoms with Crippen LogP contribution in [0.4, 0.5) is 13.2 Å². The maximum absolute atomic E-state index is 14.2. The molecule has 0 bridgehead atoms. The van der Waals surface area contributed by atoms with Crippen molar-refractivity contribution in [2.75, 3.05) is 0 Å². The normalized spacial score (nSPS) is 18.8. The molecule has 2 heterocycles. The first-order valence-corrected chi connectivity index (χ1v) is 12.9. The molecule has 0 spiro atoms. The highest BCUT2D eigenvalue weighted by Crippen LogP contribution is 2.48. The number of fused-ring (bicyclic) bond motifs is 1. The zero-order valence-corrected chi connectivity index (χ0v) is 22.1. The standard InChI is InChI=1S/C26H32F3N3O3S/c1-7-16(6)30-20(33)12-19-13-36-25-31-23(26(27,28)29)21(24(34)35-15(4)5)22(32(19)25)18-10-8-17(9-11-18)14(2)3/h8-11,13-16,22H,7,12H2,1-6H3,(H,30,33). The number of amides is 1. The SMILES string of the molecule is CCC(C)NC(=O)CC1=CSC2=NC(C(F)(F)F)=C(C(=O)OC(C)C)C(c3ccc(C(C)C)cc3)N12. The van der Waals surface area contributed by atoms with Crippen molar-refractivity contribution in [2.24, 2.45) is 4.99 Å². The average molecular weight is 524 g/mol. The lowest BCUT2D eigenvalue weighted by Gasteiger charge is -2.37. The smallest absolute Gasteiger partial charge is 0.434 e. The molecule has 2 aliphatic heterocycles. The summed E-state index contributed by atoms with van der Waals surface area (Å²) in [6.07, 6.45) is -4.83. The first-order valence-electron chi connectivity index (χ1n) is 12.0. The maximum Gasteiger partial charge on any atom is 0.434 e. The third kappa shape index (κ3) is 6.14. The van der Waals surface area contributed by atoms with Gasteiger partial charge < -0.3 is 15.0 Å². The number of aliphatic imine (C=N–C) groups is 1. The second-order valence-electron chi connectivity index (χ2n) is 9.48. The van der Waals surface area contributed by atoms with Gasteiger partial charge in [0.25, 0.3) is 0 Å². The van der Waals surface area contributed by atoms with Crippen molar-refractivity contribution in [3.8, 4) is 0 Å². The van der Waals surface area contributed by atoms with Gasteiger partial charge >= 0.3 is 12.1 Å². The van der Waals surface area contributed by atoms with Crippen LogP contribution in [0.3, 0.4) is 0 Å². The number of nitrogens with one attached hydrogen (secondary N) is 1. The van der Waals surface area contributed by atoms with Gasteiger partial charge in [0.2, 0.25) is 5.91 Å². The minimum Gasteiger partial charge on any atom is -0.459 e. The Kier molecular flexibility index (Phi) is 8.59. The molecule has 10 heteroatoms. The Morgan fingerprint density at radius 2 is 1.78 bits per heavy atom. The van der Waals surface area contributed by atoms with Crippen LogP contribution in [0.15, 0.2) is 51.6 Å². The fourth-order valence-electron chi connectivity index (χ4n) is 3.93. The van der Waals surface area contributed by atoms with E-state index in [-0.39, 0.29) is 29.5 Å². The van der Waals surface area contributed by atoms with Gasteiger partial charge in [0.05, 0.1) is 24.1 Å². The molecular formula is C26H32F3N3O3S. The lowest BCUT2D eigenvalue weighted by Crippen LogP contribution is -2.41. The number of rotatable bonds is 8. The van der Waals surface area contributed by atoms with Crippen molar-refractivity contribution in [3.05, 3.63) is 57.8 Å². The third-order valence-electron chi connectivity index (χ3n) is 5.92. The molecule has 1 aromatic rings. The number of halogens is 3. The number of alkyl halides is 3. The minimum absolute atomic E-state index is 0.0469. The largest absolute Gasteiger partial charge is 0.459 e. The van der Waals surface area contributed by atoms with Gasteiger partial charge in [-0.3, -0.25) is 4.79 Å². The van der Waals surface area contributed by atoms with Crippen LogP contribution in [0.2, 0.25) is 0 Å². The molecule has 0 saturated heterocycles. The number of ether oxygens (including phenoxy) is 1. The van der Waals surface area contributed by atoms with Crippen LogP contribution in [0.1, 0.15) is 77.5 Å². The Balaban J connectivity index is 2.14. The zero-order valence-electron chi connectivity index (χ0n) is 21.3. The molecule has 0 aliphatic carbocycles. The Hall–Kier alpha value is -2.75. The molecule has 36 heavy (non-hydrogen) atoms. The van der Waals surface area contributed by atoms with Gasteiger partial charge in [-0.1, -0.05) is 56.8 Å². The summed E-state index contributed by atoms with van der Waals surface area (Å²) in [5.74, 6) is -1.13. The van der Waals surface area contributed by atoms with Crippen LogP contribution in [0.25, 0.3) is 0 Å². The molecule has 1 amide bonds. The summed E-state index contributed by atoms with van der Waals surface area (Å²) in [6.45, 7) is 11.0. The summed E-state index contributed by atoms with van der Waals surface area (Å²) in [6, 6.07) is 5.92. The van der Waals surface area contributed by atoms with Gasteiger partial charge in [0.1, 0.15) is 0 Å². The summed E-state index contributed by atoms with van der Waals surface area (Å²) in [4.78, 5) is 31.2. The molecular weight excluding hydrogens is 491 g/mol. The van der Waals surface area contributed by atoms with Gasteiger partial charge in [-0.05, 0) is 49.6 Å². The van der Waals surface area contributed by atoms with Crippen LogP contribution in [0, 0.1) is 0 Å². The van der Waals surface area contributed by atoms with E-state index >= 15 is 0 Å². The third-order valence-corrected chi connectivity index (χ3v) is 6.81. The highest BCUT2D eigenvalue weighted by Gasteiger charge is 2.49. The molecule has 1 N–H and O–H groups in total. The molecule has 0 aromatic heterocycles. The number of nitrogens with zero attached hydrogens (tertiary/aromatic N) is 2. The number of carbonyl (C=O) groups is 2. The van der Waals surface area contributed by atoms with E-state index in [1.165, 1.54) is 0 Å². The lowest BCUT2D eigenvalue weighted by atomic mass is 9.91. The molecule has 2 unspecified atom stereocenters. The Morgan fingerprint density at radius 3 is 2.31 bits per heavy atom. The van der Waals surface area contributed by atoms with E-state index in [0.29, 0.717) is 11.3 Å². The zero-order chi connectivity index (χ0) is 26.8. The van der Waals surface area contributed by atoms with Gasteiger partial charge in [-0.25, -0.2) is 9.79 Å². The Labute approximate surface area is 214 Å². The molecule has 196 valence electrons. The highest BCUT2D eigenvalue weighted by atomic mass is 32.2. The fourth-order valence-corrected chi connectivity index (χ4v) is 4.85. The second kappa shape index (κ2) is 11.1. The number of carbonyl (C=O) groups excluding carboxylic acids is 2. The maximum atomic E-state index is 14.2. The van der Waals surface area contributed by atoms with E-state index in [1.54, 1.807) is 36.3 Å². The number of hydrogen-bond donors (Lipinski definition) is 1. The van der Waals surface area contributed by atoms with E-state index in [2.05, 4.69) is 10.3 Å². The van der Waals surface area contributed by atoms with E-state index in [9.17, 15) is 22.8 Å². The topological polar surface area (TPSA) is 71.0 Å². The molecule has 2 atom stereocenters. The predicted molar refractivity (Wildman–Crippen MR) is 135 cm³/mol. The molecule has 6 nitrogen and oxygen atoms in total. The molecule has 0 fully saturated rings. The van der Waals surface area contributed by atoms with Crippen LogP contribution in [0.5, 0.6) is 0 Å². The van der Waals surface area contributed by atoms with Crippen molar-refractivity contribution in [3.63, 3.8) is 0 Å². The van der Waals surface area contributed by atoms with Crippen molar-refractivity contribution >= 4 is 28.8 Å². The van der Waals surface area contributed by atoms with Crippen molar-refractivity contribution in [1.82, 2.24) is 10.2 Å². The van der Waals surface area contributed by atoms with E-state index in [0.717, 1.165) is 23.7 Å². The first-order chi connectivity index (χ1) is 16.8. The molecule has 2 aliphatic rings. The summed E-state index contributed by atoms with van der Waals surface area (Å²) < 4.78 is 47.9. The minimum atomic E-state index is -4.88. The van der Waals surface area contributed by atoms with Crippen molar-refractivity contribution in [1.29, 1.82) is 0 Å². The van der Waals surface area contributed by atoms with Crippen LogP contribution in [-0.2, 0) is 14.3 Å². The van der Waals surface area contributed by atoms with E-state index in [4.69, 9.17) is 4.74 Å². The van der Waals surface area contributed by atoms with Crippen LogP contribution < -0.4 is 5.32 Å². The molecule has 3 rings (SSSR count). The monoisotopic (exact) mass is 523 g/mol. The van der Waals surface area contributed by atoms with Crippen molar-refractivity contribution < 1.29 is 27.5 Å². The molecule has 0 radical (unpaired) electrons. The number of thioether (sulfide) groups is 1. The Bertz CT molecular complexity index is 1090. The summed E-state index contributed by atoms with van der Waals surface area (Å²) in [5, 5.41) is 4.56. The fraction of sp³-hybridized carbons (Fsp3) is 0.500. The van der Waals surface area contributed by atoms with E-state index in [1.807, 2.05) is 39.8 Å². The first kappa shape index (κ1) is 27.8. The summed E-state index contributed by atoms with van der Waals surface area (Å²) in [5.41, 5.74) is 0.0827. The van der Waals surface area contributed by atoms with Gasteiger partial charge in [-0.2, -0.15) is 13.2 Å². The summed E-state index contributed by atoms with van der Waals surface area (Å²) in [7, 11) is 0. The number of hydrogen-bond acceptors (Lipinski definition) is 6. The number of amidine groups is 1. The van der Waals surface area contributed by atoms with Gasteiger partial charge in [0, 0.05) is 11.7 Å². The quantitative estimate of drug-likeness (QED) is 0.412.